The summed E-state index contributed by atoms with van der Waals surface area (Å²) in [5.74, 6) is -0.408. The number of imidazole rings is 1. The van der Waals surface area contributed by atoms with Crippen LogP contribution in [0.1, 0.15) is 84.4 Å². The largest absolute Gasteiger partial charge is 0.346 e. The molecule has 2 N–H and O–H groups in total. The van der Waals surface area contributed by atoms with Crippen molar-refractivity contribution < 1.29 is 18.8 Å². The number of hydrogen-bond acceptors (Lipinski definition) is 4. The van der Waals surface area contributed by atoms with Gasteiger partial charge in [0.05, 0.1) is 18.0 Å². The molecule has 0 saturated carbocycles. The van der Waals surface area contributed by atoms with E-state index in [0.717, 1.165) is 19.3 Å². The van der Waals surface area contributed by atoms with Crippen LogP contribution in [0.4, 0.5) is 4.39 Å². The monoisotopic (exact) mass is 472 g/mol. The number of para-hydroxylation sites is 1. The summed E-state index contributed by atoms with van der Waals surface area (Å²) in [4.78, 5) is 48.1. The number of carbonyl (C=O) groups excluding carboxylic acids is 3. The first-order chi connectivity index (χ1) is 16.2. The number of H-pyrrole nitrogens is 1. The van der Waals surface area contributed by atoms with E-state index in [2.05, 4.69) is 15.3 Å². The minimum absolute atomic E-state index is 0.0436. The number of amides is 2. The number of ketones is 1. The Morgan fingerprint density at radius 2 is 1.97 bits per heavy atom. The summed E-state index contributed by atoms with van der Waals surface area (Å²) in [7, 11) is 0. The lowest BCUT2D eigenvalue weighted by Crippen LogP contribution is -2.48. The maximum absolute atomic E-state index is 14.0. The summed E-state index contributed by atoms with van der Waals surface area (Å²) >= 11 is 0. The standard InChI is InChI=1S/C26H37FN4O3/c1-16(2)11-12-23(33)28-21(15-24(34)31-13-6-5-8-18(31)4)22(32)14-17(3)26-29-20-10-7-9-19(27)25(20)30-26/h7,9-10,16-18,21H,5-6,8,11-15H2,1-4H3,(H,28,33)(H,29,30)/t17-,18-,21-/m0/s1. The summed E-state index contributed by atoms with van der Waals surface area (Å²) in [5.41, 5.74) is 0.812. The van der Waals surface area contributed by atoms with Gasteiger partial charge in [0.15, 0.2) is 11.6 Å². The van der Waals surface area contributed by atoms with Crippen LogP contribution in [0.3, 0.4) is 0 Å². The van der Waals surface area contributed by atoms with Crippen molar-refractivity contribution in [3.05, 3.63) is 29.8 Å². The number of Topliss-reactive ketones (excluding diaryl/α,β-unsaturated/α-hetero) is 1. The molecule has 2 aromatic rings. The number of rotatable bonds is 10. The van der Waals surface area contributed by atoms with Gasteiger partial charge in [-0.15, -0.1) is 0 Å². The second kappa shape index (κ2) is 11.6. The smallest absolute Gasteiger partial charge is 0.225 e. The van der Waals surface area contributed by atoms with Crippen LogP contribution >= 0.6 is 0 Å². The molecule has 0 spiro atoms. The molecule has 0 aliphatic carbocycles. The third kappa shape index (κ3) is 6.64. The molecule has 0 unspecified atom stereocenters. The van der Waals surface area contributed by atoms with Crippen molar-refractivity contribution >= 4 is 28.6 Å². The van der Waals surface area contributed by atoms with Gasteiger partial charge in [-0.25, -0.2) is 9.37 Å². The van der Waals surface area contributed by atoms with Crippen molar-refractivity contribution in [2.45, 2.75) is 90.6 Å². The summed E-state index contributed by atoms with van der Waals surface area (Å²) in [5, 5.41) is 2.82. The van der Waals surface area contributed by atoms with Gasteiger partial charge in [0.2, 0.25) is 11.8 Å². The van der Waals surface area contributed by atoms with E-state index in [1.807, 2.05) is 32.6 Å². The van der Waals surface area contributed by atoms with Crippen molar-refractivity contribution in [2.75, 3.05) is 6.54 Å². The number of carbonyl (C=O) groups is 3. The van der Waals surface area contributed by atoms with Crippen LogP contribution in [0.5, 0.6) is 0 Å². The number of likely N-dealkylation sites (tertiary alicyclic amines) is 1. The van der Waals surface area contributed by atoms with Crippen LogP contribution in [0.15, 0.2) is 18.2 Å². The molecule has 7 nitrogen and oxygen atoms in total. The van der Waals surface area contributed by atoms with E-state index >= 15 is 0 Å². The van der Waals surface area contributed by atoms with E-state index in [-0.39, 0.29) is 47.9 Å². The minimum Gasteiger partial charge on any atom is -0.346 e. The molecule has 1 aliphatic heterocycles. The average molecular weight is 473 g/mol. The van der Waals surface area contributed by atoms with E-state index in [1.54, 1.807) is 12.1 Å². The molecular weight excluding hydrogens is 435 g/mol. The maximum atomic E-state index is 14.0. The predicted molar refractivity (Wildman–Crippen MR) is 130 cm³/mol. The Morgan fingerprint density at radius 3 is 2.65 bits per heavy atom. The number of fused-ring (bicyclic) bond motifs is 1. The van der Waals surface area contributed by atoms with E-state index in [4.69, 9.17) is 0 Å². The lowest BCUT2D eigenvalue weighted by Gasteiger charge is -2.34. The maximum Gasteiger partial charge on any atom is 0.225 e. The first kappa shape index (κ1) is 25.8. The summed E-state index contributed by atoms with van der Waals surface area (Å²) in [6, 6.07) is 3.94. The highest BCUT2D eigenvalue weighted by atomic mass is 19.1. The molecule has 2 amide bonds. The first-order valence-electron chi connectivity index (χ1n) is 12.4. The van der Waals surface area contributed by atoms with Gasteiger partial charge in [-0.05, 0) is 50.7 Å². The number of halogens is 1. The van der Waals surface area contributed by atoms with Crippen molar-refractivity contribution in [3.63, 3.8) is 0 Å². The first-order valence-corrected chi connectivity index (χ1v) is 12.4. The molecule has 0 bridgehead atoms. The van der Waals surface area contributed by atoms with E-state index in [9.17, 15) is 18.8 Å². The number of nitrogens with zero attached hydrogens (tertiary/aromatic N) is 2. The molecule has 1 aromatic heterocycles. The number of nitrogens with one attached hydrogen (secondary N) is 2. The zero-order chi connectivity index (χ0) is 24.8. The molecule has 0 radical (unpaired) electrons. The molecule has 1 aliphatic rings. The van der Waals surface area contributed by atoms with Gasteiger partial charge in [-0.2, -0.15) is 0 Å². The zero-order valence-corrected chi connectivity index (χ0v) is 20.7. The van der Waals surface area contributed by atoms with Gasteiger partial charge in [0, 0.05) is 31.3 Å². The normalized spacial score (nSPS) is 18.2. The molecule has 1 saturated heterocycles. The molecule has 186 valence electrons. The Kier molecular flexibility index (Phi) is 8.80. The molecule has 3 atom stereocenters. The third-order valence-corrected chi connectivity index (χ3v) is 6.63. The van der Waals surface area contributed by atoms with Gasteiger partial charge < -0.3 is 15.2 Å². The Morgan fingerprint density at radius 1 is 1.21 bits per heavy atom. The number of aromatic nitrogens is 2. The van der Waals surface area contributed by atoms with Gasteiger partial charge in [-0.1, -0.05) is 26.8 Å². The molecule has 3 rings (SSSR count). The molecular formula is C26H37FN4O3. The molecule has 34 heavy (non-hydrogen) atoms. The Bertz CT molecular complexity index is 1020. The third-order valence-electron chi connectivity index (χ3n) is 6.63. The van der Waals surface area contributed by atoms with E-state index in [1.165, 1.54) is 6.07 Å². The zero-order valence-electron chi connectivity index (χ0n) is 20.7. The van der Waals surface area contributed by atoms with Crippen LogP contribution in [-0.4, -0.2) is 51.1 Å². The minimum atomic E-state index is -0.884. The van der Waals surface area contributed by atoms with Crippen molar-refractivity contribution in [2.24, 2.45) is 5.92 Å². The Hall–Kier alpha value is -2.77. The highest BCUT2D eigenvalue weighted by Gasteiger charge is 2.30. The quantitative estimate of drug-likeness (QED) is 0.533. The summed E-state index contributed by atoms with van der Waals surface area (Å²) in [6.45, 7) is 8.62. The predicted octanol–water partition coefficient (Wildman–Crippen LogP) is 4.48. The highest BCUT2D eigenvalue weighted by molar-refractivity contribution is 5.93. The lowest BCUT2D eigenvalue weighted by molar-refractivity contribution is -0.138. The SMILES string of the molecule is CC(C)CCC(=O)N[C@@H](CC(=O)N1CCCC[C@@H]1C)C(=O)C[C@H](C)c1nc2c(F)cccc2[nH]1. The number of aromatic amines is 1. The second-order valence-corrected chi connectivity index (χ2v) is 10.0. The molecule has 8 heteroatoms. The molecule has 2 heterocycles. The van der Waals surface area contributed by atoms with E-state index in [0.29, 0.717) is 36.6 Å². The van der Waals surface area contributed by atoms with Gasteiger partial charge in [0.25, 0.3) is 0 Å². The van der Waals surface area contributed by atoms with Gasteiger partial charge in [0.1, 0.15) is 11.3 Å². The molecule has 1 aromatic carbocycles. The second-order valence-electron chi connectivity index (χ2n) is 10.0. The summed E-state index contributed by atoms with van der Waals surface area (Å²) < 4.78 is 14.0. The number of benzene rings is 1. The highest BCUT2D eigenvalue weighted by Crippen LogP contribution is 2.24. The molecule has 1 fully saturated rings. The van der Waals surface area contributed by atoms with Crippen LogP contribution in [0, 0.1) is 11.7 Å². The van der Waals surface area contributed by atoms with Crippen molar-refractivity contribution in [1.29, 1.82) is 0 Å². The number of hydrogen-bond donors (Lipinski definition) is 2. The fourth-order valence-electron chi connectivity index (χ4n) is 4.48. The average Bonchev–Trinajstić information content (AvgIpc) is 3.23. The van der Waals surface area contributed by atoms with Crippen LogP contribution in [0.2, 0.25) is 0 Å². The van der Waals surface area contributed by atoms with Gasteiger partial charge >= 0.3 is 0 Å². The fourth-order valence-corrected chi connectivity index (χ4v) is 4.48. The topological polar surface area (TPSA) is 95.2 Å². The lowest BCUT2D eigenvalue weighted by atomic mass is 9.96. The van der Waals surface area contributed by atoms with Crippen molar-refractivity contribution in [1.82, 2.24) is 20.2 Å². The van der Waals surface area contributed by atoms with Crippen LogP contribution in [0.25, 0.3) is 11.0 Å². The van der Waals surface area contributed by atoms with E-state index < -0.39 is 11.9 Å². The Labute approximate surface area is 200 Å². The van der Waals surface area contributed by atoms with Crippen LogP contribution in [-0.2, 0) is 14.4 Å². The van der Waals surface area contributed by atoms with Crippen LogP contribution < -0.4 is 5.32 Å². The Balaban J connectivity index is 1.71. The fraction of sp³-hybridized carbons (Fsp3) is 0.615. The summed E-state index contributed by atoms with van der Waals surface area (Å²) in [6.07, 6.45) is 4.06. The number of piperidine rings is 1. The van der Waals surface area contributed by atoms with Gasteiger partial charge in [-0.3, -0.25) is 14.4 Å². The van der Waals surface area contributed by atoms with Crippen molar-refractivity contribution in [3.8, 4) is 0 Å².